The van der Waals surface area contributed by atoms with Crippen LogP contribution in [-0.4, -0.2) is 109 Å². The summed E-state index contributed by atoms with van der Waals surface area (Å²) in [6, 6.07) is 3.61. The summed E-state index contributed by atoms with van der Waals surface area (Å²) in [5, 5.41) is 54.0. The number of aromatic carboxylic acids is 1. The van der Waals surface area contributed by atoms with Crippen LogP contribution < -0.4 is 91.2 Å². The number of aryl methyl sites for hydroxylation is 1. The third-order valence-corrected chi connectivity index (χ3v) is 11.0. The Morgan fingerprint density at radius 1 is 1.07 bits per heavy atom. The van der Waals surface area contributed by atoms with Crippen molar-refractivity contribution in [2.75, 3.05) is 17.2 Å². The predicted molar refractivity (Wildman–Crippen MR) is 191 cm³/mol. The average Bonchev–Trinajstić information content (AvgIpc) is 3.78. The number of phenols is 2. The molecule has 2 atom stereocenters. The first-order valence-corrected chi connectivity index (χ1v) is 18.7. The summed E-state index contributed by atoms with van der Waals surface area (Å²) in [5.74, 6) is -8.25. The first kappa shape index (κ1) is 46.2. The molecule has 5 heterocycles. The molecule has 1 saturated heterocycles. The maximum Gasteiger partial charge on any atom is 1.00 e. The number of β-lactam (4-membered cyclic amide) rings is 1. The number of fused-ring (bicyclic) bond motifs is 2. The van der Waals surface area contributed by atoms with Gasteiger partial charge in [-0.05, 0) is 50.6 Å². The number of thioether (sulfide) groups is 2. The smallest absolute Gasteiger partial charge is 0.543 e. The van der Waals surface area contributed by atoms with Crippen molar-refractivity contribution in [3.8, 4) is 11.5 Å². The minimum atomic E-state index is -1.84. The number of oxime groups is 1. The average molecular weight is 872 g/mol. The molecule has 27 heteroatoms. The van der Waals surface area contributed by atoms with Gasteiger partial charge in [-0.1, -0.05) is 5.16 Å². The number of amides is 4. The van der Waals surface area contributed by atoms with E-state index in [1.54, 1.807) is 13.0 Å². The number of hydrogen-bond acceptors (Lipinski definition) is 20. The number of nitrogen functional groups attached to an aromatic ring is 1. The SMILES string of the molecule is Cc1cc(SCC2=C(C(=O)[O-])N3C(=O)[C@@H](NC(=O)/C(=N/OC(C)(C)C(=O)NNC(=O)c4ccc(O)c(O)c4)c4csc(N)n4)[C@H]3SC2)n2nc(C(=O)[O-])nc2n1.[Na+].[Na+]. The van der Waals surface area contributed by atoms with Crippen molar-refractivity contribution in [2.24, 2.45) is 5.16 Å². The first-order valence-electron chi connectivity index (χ1n) is 15.8. The molecule has 0 aliphatic carbocycles. The van der Waals surface area contributed by atoms with Crippen LogP contribution in [0.2, 0.25) is 0 Å². The molecular formula is C31H27N11Na2O11S3. The number of anilines is 1. The zero-order chi connectivity index (χ0) is 40.6. The zero-order valence-electron chi connectivity index (χ0n) is 31.0. The van der Waals surface area contributed by atoms with Gasteiger partial charge in [0.15, 0.2) is 28.2 Å². The number of rotatable bonds is 12. The molecule has 58 heavy (non-hydrogen) atoms. The molecule has 4 aromatic rings. The molecule has 22 nitrogen and oxygen atoms in total. The van der Waals surface area contributed by atoms with Gasteiger partial charge in [0.05, 0.1) is 11.7 Å². The summed E-state index contributed by atoms with van der Waals surface area (Å²) < 4.78 is 1.18. The van der Waals surface area contributed by atoms with Crippen LogP contribution in [0.3, 0.4) is 0 Å². The number of carbonyl (C=O) groups is 6. The quantitative estimate of drug-likeness (QED) is 0.0146. The van der Waals surface area contributed by atoms with Gasteiger partial charge in [0.2, 0.25) is 5.60 Å². The third-order valence-electron chi connectivity index (χ3n) is 7.93. The number of nitrogens with two attached hydrogens (primary N) is 1. The van der Waals surface area contributed by atoms with Crippen molar-refractivity contribution >= 4 is 87.0 Å². The standard InChI is InChI=1S/C31H29N11O11S3.2Na/c1-11-6-17(42-30(33-11)36-21(39-42)27(50)51)54-8-13-9-55-25-19(24(47)41(25)20(13)26(48)49)35-23(46)18(14-10-56-29(32)34-14)40-53-31(2,3)28(52)38-37-22(45)12-4-5-15(43)16(44)7-12;;/h4-7,10,19,25,43-44H,8-9H2,1-3H3,(H2,32,34)(H,35,46)(H,37,45)(H,38,52)(H,48,49)(H,50,51);;/q;2*+1/p-2/b40-18+;;/t19-,25-;;/m1../s1. The summed E-state index contributed by atoms with van der Waals surface area (Å²) in [7, 11) is 0. The minimum absolute atomic E-state index is 0. The molecular weight excluding hydrogens is 845 g/mol. The monoisotopic (exact) mass is 871 g/mol. The number of aliphatic carboxylic acids is 1. The van der Waals surface area contributed by atoms with Crippen molar-refractivity contribution in [1.29, 1.82) is 0 Å². The Bertz CT molecular complexity index is 2410. The van der Waals surface area contributed by atoms with E-state index >= 15 is 0 Å². The second-order valence-electron chi connectivity index (χ2n) is 12.3. The summed E-state index contributed by atoms with van der Waals surface area (Å²) in [6.07, 6.45) is 0. The Morgan fingerprint density at radius 3 is 2.43 bits per heavy atom. The molecule has 4 amide bonds. The van der Waals surface area contributed by atoms with Crippen molar-refractivity contribution in [2.45, 2.75) is 42.8 Å². The molecule has 2 aliphatic rings. The number of phenolic OH excluding ortho intramolecular Hbond substituents is 2. The third kappa shape index (κ3) is 9.69. The maximum absolute atomic E-state index is 13.6. The fraction of sp³-hybridized carbons (Fsp3) is 0.258. The van der Waals surface area contributed by atoms with Crippen LogP contribution in [0.25, 0.3) is 5.78 Å². The van der Waals surface area contributed by atoms with E-state index in [0.29, 0.717) is 16.3 Å². The summed E-state index contributed by atoms with van der Waals surface area (Å²) in [4.78, 5) is 94.6. The van der Waals surface area contributed by atoms with Gasteiger partial charge in [-0.2, -0.15) is 9.50 Å². The van der Waals surface area contributed by atoms with Crippen LogP contribution in [0.4, 0.5) is 5.13 Å². The molecule has 0 saturated carbocycles. The number of carbonyl (C=O) groups excluding carboxylic acids is 6. The number of thiazole rings is 1. The Balaban J connectivity index is 0.00000372. The number of carboxylic acid groups (broad SMARTS) is 2. The number of aromatic nitrogens is 5. The second-order valence-corrected chi connectivity index (χ2v) is 15.3. The van der Waals surface area contributed by atoms with E-state index < -0.39 is 75.6 Å². The molecule has 3 aromatic heterocycles. The number of nitrogens with one attached hydrogen (secondary N) is 3. The largest absolute Gasteiger partial charge is 1.00 e. The van der Waals surface area contributed by atoms with E-state index in [1.807, 2.05) is 0 Å². The normalized spacial score (nSPS) is 16.3. The predicted octanol–water partition coefficient (Wildman–Crippen LogP) is -8.59. The van der Waals surface area contributed by atoms with Crippen LogP contribution in [0.15, 0.2) is 51.1 Å². The van der Waals surface area contributed by atoms with Gasteiger partial charge < -0.3 is 45.9 Å². The van der Waals surface area contributed by atoms with Gasteiger partial charge in [-0.3, -0.25) is 34.9 Å². The summed E-state index contributed by atoms with van der Waals surface area (Å²) in [5.41, 5.74) is 7.93. The van der Waals surface area contributed by atoms with E-state index in [2.05, 4.69) is 41.4 Å². The molecule has 1 aromatic carbocycles. The van der Waals surface area contributed by atoms with Gasteiger partial charge in [0, 0.05) is 28.1 Å². The molecule has 0 spiro atoms. The molecule has 1 fully saturated rings. The summed E-state index contributed by atoms with van der Waals surface area (Å²) >= 11 is 3.22. The van der Waals surface area contributed by atoms with Gasteiger partial charge in [0.1, 0.15) is 28.1 Å². The van der Waals surface area contributed by atoms with Crippen LogP contribution in [-0.2, 0) is 24.0 Å². The maximum atomic E-state index is 13.6. The number of benzene rings is 1. The van der Waals surface area contributed by atoms with E-state index in [4.69, 9.17) is 10.6 Å². The number of hydrogen-bond donors (Lipinski definition) is 6. The molecule has 2 aliphatic heterocycles. The molecule has 292 valence electrons. The van der Waals surface area contributed by atoms with E-state index in [-0.39, 0.29) is 98.5 Å². The van der Waals surface area contributed by atoms with Crippen LogP contribution in [0.5, 0.6) is 11.5 Å². The van der Waals surface area contributed by atoms with Crippen molar-refractivity contribution in [3.05, 3.63) is 63.7 Å². The number of aromatic hydroxyl groups is 2. The number of hydrazine groups is 1. The van der Waals surface area contributed by atoms with Crippen LogP contribution >= 0.6 is 34.9 Å². The second kappa shape index (κ2) is 18.6. The molecule has 7 N–H and O–H groups in total. The zero-order valence-corrected chi connectivity index (χ0v) is 37.4. The molecule has 0 bridgehead atoms. The van der Waals surface area contributed by atoms with E-state index in [9.17, 15) is 49.2 Å². The topological polar surface area (TPSA) is 332 Å². The Hall–Kier alpha value is -4.47. The molecule has 0 radical (unpaired) electrons. The van der Waals surface area contributed by atoms with E-state index in [1.165, 1.54) is 29.8 Å². The Morgan fingerprint density at radius 2 is 1.79 bits per heavy atom. The van der Waals surface area contributed by atoms with Gasteiger partial charge in [-0.25, -0.2) is 9.97 Å². The fourth-order valence-electron chi connectivity index (χ4n) is 5.10. The van der Waals surface area contributed by atoms with E-state index in [0.717, 1.165) is 51.9 Å². The minimum Gasteiger partial charge on any atom is -0.543 e. The number of carboxylic acids is 2. The van der Waals surface area contributed by atoms with Crippen molar-refractivity contribution < 1.29 is 113 Å². The van der Waals surface area contributed by atoms with Crippen molar-refractivity contribution in [1.82, 2.24) is 45.6 Å². The van der Waals surface area contributed by atoms with Gasteiger partial charge in [0.25, 0.3) is 29.4 Å². The van der Waals surface area contributed by atoms with Gasteiger partial charge >= 0.3 is 59.1 Å². The Labute approximate surface area is 383 Å². The van der Waals surface area contributed by atoms with Crippen LogP contribution in [0.1, 0.15) is 46.2 Å². The molecule has 0 unspecified atom stereocenters. The fourth-order valence-corrected chi connectivity index (χ4v) is 8.18. The van der Waals surface area contributed by atoms with Crippen molar-refractivity contribution in [3.63, 3.8) is 0 Å². The van der Waals surface area contributed by atoms with Crippen LogP contribution in [0, 0.1) is 6.92 Å². The van der Waals surface area contributed by atoms with Gasteiger partial charge in [-0.15, -0.1) is 40.0 Å². The molecule has 6 rings (SSSR count). The first-order chi connectivity index (χ1) is 26.4. The summed E-state index contributed by atoms with van der Waals surface area (Å²) in [6.45, 7) is 4.18. The Kier molecular flexibility index (Phi) is 14.8. The number of nitrogens with zero attached hydrogens (tertiary/aromatic N) is 7.